The van der Waals surface area contributed by atoms with Gasteiger partial charge in [0.1, 0.15) is 5.75 Å². The molecule has 3 heterocycles. The predicted molar refractivity (Wildman–Crippen MR) is 97.0 cm³/mol. The van der Waals surface area contributed by atoms with Crippen molar-refractivity contribution >= 4 is 5.82 Å². The molecular formula is C19H24N4O2. The van der Waals surface area contributed by atoms with Crippen molar-refractivity contribution in [2.75, 3.05) is 31.1 Å². The van der Waals surface area contributed by atoms with E-state index in [0.29, 0.717) is 11.7 Å². The fourth-order valence-corrected chi connectivity index (χ4v) is 3.97. The third-order valence-corrected chi connectivity index (χ3v) is 5.11. The van der Waals surface area contributed by atoms with Gasteiger partial charge in [0.2, 0.25) is 0 Å². The lowest BCUT2D eigenvalue weighted by atomic mass is 10.00. The molecule has 2 aliphatic heterocycles. The first-order chi connectivity index (χ1) is 12.1. The quantitative estimate of drug-likeness (QED) is 0.872. The Hall–Kier alpha value is -2.18. The van der Waals surface area contributed by atoms with Crippen LogP contribution in [0.25, 0.3) is 11.3 Å². The molecule has 0 radical (unpaired) electrons. The van der Waals surface area contributed by atoms with E-state index in [4.69, 9.17) is 4.74 Å². The highest BCUT2D eigenvalue weighted by molar-refractivity contribution is 5.71. The number of ether oxygens (including phenoxy) is 1. The van der Waals surface area contributed by atoms with E-state index in [1.807, 2.05) is 32.0 Å². The van der Waals surface area contributed by atoms with Crippen LogP contribution in [0.4, 0.5) is 5.82 Å². The number of nitrogens with zero attached hydrogens (tertiary/aromatic N) is 3. The number of aromatic hydroxyl groups is 1. The van der Waals surface area contributed by atoms with Gasteiger partial charge in [0.25, 0.3) is 0 Å². The zero-order chi connectivity index (χ0) is 17.4. The number of rotatable bonds is 2. The Labute approximate surface area is 147 Å². The smallest absolute Gasteiger partial charge is 0.151 e. The van der Waals surface area contributed by atoms with E-state index >= 15 is 0 Å². The Kier molecular flexibility index (Phi) is 4.31. The maximum atomic E-state index is 10.3. The van der Waals surface area contributed by atoms with E-state index in [1.165, 1.54) is 0 Å². The molecule has 0 aliphatic carbocycles. The summed E-state index contributed by atoms with van der Waals surface area (Å²) in [6.45, 7) is 7.42. The van der Waals surface area contributed by atoms with E-state index in [2.05, 4.69) is 20.4 Å². The van der Waals surface area contributed by atoms with Gasteiger partial charge in [-0.25, -0.2) is 0 Å². The third-order valence-electron chi connectivity index (χ3n) is 5.11. The van der Waals surface area contributed by atoms with Crippen LogP contribution in [0.3, 0.4) is 0 Å². The van der Waals surface area contributed by atoms with Crippen LogP contribution in [-0.2, 0) is 4.74 Å². The van der Waals surface area contributed by atoms with Gasteiger partial charge in [-0.1, -0.05) is 6.07 Å². The Morgan fingerprint density at radius 2 is 2.12 bits per heavy atom. The number of benzene rings is 1. The third kappa shape index (κ3) is 3.07. The lowest BCUT2D eigenvalue weighted by Crippen LogP contribution is -2.59. The number of hydrogen-bond acceptors (Lipinski definition) is 6. The minimum Gasteiger partial charge on any atom is -0.507 e. The summed E-state index contributed by atoms with van der Waals surface area (Å²) in [5, 5.41) is 22.6. The monoisotopic (exact) mass is 340 g/mol. The number of nitrogens with one attached hydrogen (secondary N) is 1. The van der Waals surface area contributed by atoms with Crippen molar-refractivity contribution in [1.82, 2.24) is 15.5 Å². The van der Waals surface area contributed by atoms with Crippen LogP contribution in [0.2, 0.25) is 0 Å². The fourth-order valence-electron chi connectivity index (χ4n) is 3.97. The first kappa shape index (κ1) is 16.3. The number of aromatic nitrogens is 2. The summed E-state index contributed by atoms with van der Waals surface area (Å²) in [6.07, 6.45) is 1.29. The average molecular weight is 340 g/mol. The van der Waals surface area contributed by atoms with Crippen molar-refractivity contribution in [2.24, 2.45) is 0 Å². The number of phenols is 1. The Morgan fingerprint density at radius 3 is 2.88 bits per heavy atom. The Balaban J connectivity index is 1.62. The SMILES string of the molecule is Cc1cc(C)c(-c2ccc(N3CCOC4CCNCC43)nn2)c(O)c1. The molecule has 0 amide bonds. The molecule has 2 aliphatic rings. The number of hydrogen-bond donors (Lipinski definition) is 2. The molecule has 6 heteroatoms. The van der Waals surface area contributed by atoms with Crippen LogP contribution < -0.4 is 10.2 Å². The first-order valence-corrected chi connectivity index (χ1v) is 8.87. The van der Waals surface area contributed by atoms with Crippen molar-refractivity contribution in [3.8, 4) is 17.0 Å². The summed E-state index contributed by atoms with van der Waals surface area (Å²) in [7, 11) is 0. The molecule has 2 N–H and O–H groups in total. The van der Waals surface area contributed by atoms with Crippen molar-refractivity contribution in [1.29, 1.82) is 0 Å². The molecule has 0 saturated carbocycles. The van der Waals surface area contributed by atoms with E-state index in [9.17, 15) is 5.11 Å². The van der Waals surface area contributed by atoms with Crippen molar-refractivity contribution in [2.45, 2.75) is 32.4 Å². The number of aryl methyl sites for hydroxylation is 2. The highest BCUT2D eigenvalue weighted by Crippen LogP contribution is 2.33. The van der Waals surface area contributed by atoms with Crippen LogP contribution in [0, 0.1) is 13.8 Å². The highest BCUT2D eigenvalue weighted by atomic mass is 16.5. The van der Waals surface area contributed by atoms with E-state index < -0.39 is 0 Å². The van der Waals surface area contributed by atoms with Gasteiger partial charge >= 0.3 is 0 Å². The van der Waals surface area contributed by atoms with Gasteiger partial charge in [0.15, 0.2) is 5.82 Å². The molecule has 4 rings (SSSR count). The largest absolute Gasteiger partial charge is 0.507 e. The molecular weight excluding hydrogens is 316 g/mol. The fraction of sp³-hybridized carbons (Fsp3) is 0.474. The van der Waals surface area contributed by atoms with Crippen molar-refractivity contribution in [3.05, 3.63) is 35.4 Å². The second-order valence-electron chi connectivity index (χ2n) is 6.92. The summed E-state index contributed by atoms with van der Waals surface area (Å²) < 4.78 is 5.91. The van der Waals surface area contributed by atoms with Crippen LogP contribution in [0.1, 0.15) is 17.5 Å². The molecule has 0 bridgehead atoms. The van der Waals surface area contributed by atoms with Gasteiger partial charge in [-0.3, -0.25) is 0 Å². The van der Waals surface area contributed by atoms with Crippen molar-refractivity contribution < 1.29 is 9.84 Å². The summed E-state index contributed by atoms with van der Waals surface area (Å²) in [5.74, 6) is 1.12. The lowest BCUT2D eigenvalue weighted by Gasteiger charge is -2.44. The second kappa shape index (κ2) is 6.61. The van der Waals surface area contributed by atoms with E-state index in [0.717, 1.165) is 55.2 Å². The first-order valence-electron chi connectivity index (χ1n) is 8.87. The molecule has 2 aromatic rings. The number of fused-ring (bicyclic) bond motifs is 1. The van der Waals surface area contributed by atoms with E-state index in [-0.39, 0.29) is 11.9 Å². The molecule has 6 nitrogen and oxygen atoms in total. The maximum absolute atomic E-state index is 10.3. The number of anilines is 1. The topological polar surface area (TPSA) is 70.5 Å². The molecule has 2 saturated heterocycles. The van der Waals surface area contributed by atoms with Crippen LogP contribution >= 0.6 is 0 Å². The molecule has 1 aromatic heterocycles. The van der Waals surface area contributed by atoms with Gasteiger partial charge in [0, 0.05) is 18.7 Å². The van der Waals surface area contributed by atoms with Gasteiger partial charge in [-0.05, 0) is 56.1 Å². The second-order valence-corrected chi connectivity index (χ2v) is 6.92. The van der Waals surface area contributed by atoms with Gasteiger partial charge < -0.3 is 20.1 Å². The lowest BCUT2D eigenvalue weighted by molar-refractivity contribution is -0.00377. The highest BCUT2D eigenvalue weighted by Gasteiger charge is 2.35. The Morgan fingerprint density at radius 1 is 1.24 bits per heavy atom. The van der Waals surface area contributed by atoms with Crippen LogP contribution in [-0.4, -0.2) is 53.7 Å². The van der Waals surface area contributed by atoms with Gasteiger partial charge in [-0.2, -0.15) is 0 Å². The minimum absolute atomic E-state index is 0.252. The van der Waals surface area contributed by atoms with Gasteiger partial charge in [-0.15, -0.1) is 10.2 Å². The molecule has 1 aromatic carbocycles. The maximum Gasteiger partial charge on any atom is 0.151 e. The standard InChI is InChI=1S/C19H24N4O2/c1-12-9-13(2)19(16(24)10-12)14-3-4-18(22-21-14)23-7-8-25-17-5-6-20-11-15(17)23/h3-4,9-10,15,17,20,24H,5-8,11H2,1-2H3. The molecule has 2 unspecified atom stereocenters. The predicted octanol–water partition coefficient (Wildman–Crippen LogP) is 2.03. The summed E-state index contributed by atoms with van der Waals surface area (Å²) in [6, 6.07) is 8.05. The van der Waals surface area contributed by atoms with E-state index in [1.54, 1.807) is 6.07 Å². The zero-order valence-electron chi connectivity index (χ0n) is 14.7. The summed E-state index contributed by atoms with van der Waals surface area (Å²) in [4.78, 5) is 2.29. The molecule has 132 valence electrons. The van der Waals surface area contributed by atoms with Crippen LogP contribution in [0.15, 0.2) is 24.3 Å². The number of morpholine rings is 1. The normalized spacial score (nSPS) is 23.4. The number of phenolic OH excluding ortho intramolecular Hbond substituents is 1. The average Bonchev–Trinajstić information content (AvgIpc) is 2.61. The number of piperidine rings is 1. The minimum atomic E-state index is 0.252. The molecule has 2 atom stereocenters. The van der Waals surface area contributed by atoms with Gasteiger partial charge in [0.05, 0.1) is 24.4 Å². The van der Waals surface area contributed by atoms with Crippen molar-refractivity contribution in [3.63, 3.8) is 0 Å². The molecule has 2 fully saturated rings. The Bertz CT molecular complexity index is 738. The molecule has 25 heavy (non-hydrogen) atoms. The summed E-state index contributed by atoms with van der Waals surface area (Å²) >= 11 is 0. The molecule has 0 spiro atoms. The summed E-state index contributed by atoms with van der Waals surface area (Å²) in [5.41, 5.74) is 3.49. The van der Waals surface area contributed by atoms with Crippen LogP contribution in [0.5, 0.6) is 5.75 Å². The zero-order valence-corrected chi connectivity index (χ0v) is 14.7.